The number of pyridine rings is 3. The minimum Gasteiger partial charge on any atom is -0.256 e. The van der Waals surface area contributed by atoms with Crippen molar-refractivity contribution in [1.29, 1.82) is 0 Å². The predicted molar refractivity (Wildman–Crippen MR) is 151 cm³/mol. The Kier molecular flexibility index (Phi) is 7.49. The fourth-order valence-electron chi connectivity index (χ4n) is 5.54. The molecule has 6 bridgehead atoms. The van der Waals surface area contributed by atoms with E-state index in [0.717, 1.165) is 50.9 Å². The van der Waals surface area contributed by atoms with E-state index >= 15 is 0 Å². The Bertz CT molecular complexity index is 1460. The molecule has 0 spiro atoms. The number of benzene rings is 3. The predicted octanol–water partition coefficient (Wildman–Crippen LogP) is 7.12. The van der Waals surface area contributed by atoms with E-state index in [-0.39, 0.29) is 38.8 Å². The number of rotatable bonds is 3. The van der Waals surface area contributed by atoms with E-state index in [1.165, 1.54) is 0 Å². The average Bonchev–Trinajstić information content (AvgIpc) is 3.00. The van der Waals surface area contributed by atoms with E-state index in [1.807, 2.05) is 54.6 Å². The van der Waals surface area contributed by atoms with E-state index in [1.54, 1.807) is 0 Å². The Morgan fingerprint density at radius 3 is 0.850 bits per heavy atom. The van der Waals surface area contributed by atoms with Gasteiger partial charge in [-0.15, -0.1) is 16.7 Å². The maximum atomic E-state index is 5.28. The van der Waals surface area contributed by atoms with Gasteiger partial charge < -0.3 is 0 Å². The Hall–Kier alpha value is -4.20. The van der Waals surface area contributed by atoms with Crippen molar-refractivity contribution >= 4 is 0 Å². The molecular formula is C36H24N3Pt-3. The second-order valence-electron chi connectivity index (χ2n) is 9.71. The summed E-state index contributed by atoms with van der Waals surface area (Å²) in [6.45, 7) is 0. The summed E-state index contributed by atoms with van der Waals surface area (Å²) < 4.78 is 0. The molecular weight excluding hydrogens is 669 g/mol. The topological polar surface area (TPSA) is 38.7 Å². The smallest absolute Gasteiger partial charge is 0.0521 e. The molecule has 40 heavy (non-hydrogen) atoms. The zero-order chi connectivity index (χ0) is 26.0. The first kappa shape index (κ1) is 26.0. The SMILES string of the molecule is [Pt].[c-]1ccccc1C1c2cccc(n2)C(c2[c-]cccc2)c2cccc(n2)C(c2[c-]cccc2)c2cccc1n2. The molecule has 0 N–H and O–H groups in total. The molecule has 0 amide bonds. The molecule has 0 fully saturated rings. The Morgan fingerprint density at radius 1 is 0.350 bits per heavy atom. The molecule has 0 saturated carbocycles. The summed E-state index contributed by atoms with van der Waals surface area (Å²) in [6, 6.07) is 53.5. The molecule has 3 nitrogen and oxygen atoms in total. The normalized spacial score (nSPS) is 17.6. The van der Waals surface area contributed by atoms with Gasteiger partial charge in [-0.05, 0) is 36.4 Å². The molecule has 6 aromatic rings. The molecule has 196 valence electrons. The van der Waals surface area contributed by atoms with Crippen molar-refractivity contribution < 1.29 is 21.1 Å². The Balaban J connectivity index is 0.00000289. The van der Waals surface area contributed by atoms with Crippen LogP contribution in [0.15, 0.2) is 127 Å². The van der Waals surface area contributed by atoms with Crippen molar-refractivity contribution in [2.24, 2.45) is 0 Å². The molecule has 0 atom stereocenters. The van der Waals surface area contributed by atoms with Crippen molar-refractivity contribution in [2.45, 2.75) is 17.8 Å². The first-order chi connectivity index (χ1) is 19.3. The van der Waals surface area contributed by atoms with Gasteiger partial charge in [-0.1, -0.05) is 18.2 Å². The van der Waals surface area contributed by atoms with E-state index in [0.29, 0.717) is 0 Å². The van der Waals surface area contributed by atoms with Crippen molar-refractivity contribution in [2.75, 3.05) is 0 Å². The first-order valence-corrected chi connectivity index (χ1v) is 13.2. The van der Waals surface area contributed by atoms with Gasteiger partial charge in [-0.3, -0.25) is 15.0 Å². The third-order valence-electron chi connectivity index (χ3n) is 7.28. The van der Waals surface area contributed by atoms with Gasteiger partial charge in [0, 0.05) is 38.8 Å². The molecule has 4 heterocycles. The molecule has 0 aliphatic carbocycles. The zero-order valence-electron chi connectivity index (χ0n) is 21.5. The third-order valence-corrected chi connectivity index (χ3v) is 7.28. The minimum atomic E-state index is -0.169. The summed E-state index contributed by atoms with van der Waals surface area (Å²) >= 11 is 0. The molecule has 1 aliphatic rings. The summed E-state index contributed by atoms with van der Waals surface area (Å²) in [5.41, 5.74) is 8.68. The number of fused-ring (bicyclic) bond motifs is 6. The summed E-state index contributed by atoms with van der Waals surface area (Å²) in [4.78, 5) is 15.8. The number of hydrogen-bond acceptors (Lipinski definition) is 3. The number of nitrogens with zero attached hydrogens (tertiary/aromatic N) is 3. The van der Waals surface area contributed by atoms with Crippen LogP contribution in [-0.2, 0) is 21.1 Å². The van der Waals surface area contributed by atoms with Crippen molar-refractivity contribution in [1.82, 2.24) is 15.0 Å². The van der Waals surface area contributed by atoms with Gasteiger partial charge in [0.2, 0.25) is 0 Å². The standard InChI is InChI=1S/C36H24N3.Pt/c1-4-13-25(14-5-1)34-28-19-10-21-30(37-28)35(26-15-6-2-7-16-26)32-23-12-24-33(39-32)36(27-17-8-3-9-18-27)31-22-11-20-29(34)38-31;/h1-13,15,17,19-24,34-36H;/q-3;. The summed E-state index contributed by atoms with van der Waals surface area (Å²) in [6.07, 6.45) is 0. The number of aromatic nitrogens is 3. The molecule has 4 heteroatoms. The maximum Gasteiger partial charge on any atom is 0.0521 e. The minimum absolute atomic E-state index is 0. The van der Waals surface area contributed by atoms with Gasteiger partial charge in [0.15, 0.2) is 0 Å². The van der Waals surface area contributed by atoms with Gasteiger partial charge in [-0.2, -0.15) is 91.0 Å². The van der Waals surface area contributed by atoms with Gasteiger partial charge in [-0.25, -0.2) is 0 Å². The van der Waals surface area contributed by atoms with Crippen LogP contribution in [0.2, 0.25) is 0 Å². The molecule has 0 radical (unpaired) electrons. The Labute approximate surface area is 249 Å². The van der Waals surface area contributed by atoms with Crippen molar-refractivity contribution in [3.05, 3.63) is 196 Å². The largest absolute Gasteiger partial charge is 0.256 e. The van der Waals surface area contributed by atoms with Gasteiger partial charge >= 0.3 is 0 Å². The summed E-state index contributed by atoms with van der Waals surface area (Å²) in [7, 11) is 0. The third kappa shape index (κ3) is 4.94. The van der Waals surface area contributed by atoms with Crippen LogP contribution in [0.25, 0.3) is 0 Å². The van der Waals surface area contributed by atoms with E-state index in [9.17, 15) is 0 Å². The van der Waals surface area contributed by atoms with E-state index in [2.05, 4.69) is 91.0 Å². The van der Waals surface area contributed by atoms with Gasteiger partial charge in [0.05, 0.1) is 34.2 Å². The Morgan fingerprint density at radius 2 is 0.625 bits per heavy atom. The second-order valence-corrected chi connectivity index (χ2v) is 9.71. The monoisotopic (exact) mass is 693 g/mol. The molecule has 0 unspecified atom stereocenters. The fourth-order valence-corrected chi connectivity index (χ4v) is 5.54. The first-order valence-electron chi connectivity index (χ1n) is 13.2. The van der Waals surface area contributed by atoms with Crippen molar-refractivity contribution in [3.63, 3.8) is 0 Å². The molecule has 7 rings (SSSR count). The van der Waals surface area contributed by atoms with E-state index < -0.39 is 0 Å². The molecule has 0 saturated heterocycles. The van der Waals surface area contributed by atoms with Crippen LogP contribution in [0.5, 0.6) is 0 Å². The quantitative estimate of drug-likeness (QED) is 0.185. The maximum absolute atomic E-state index is 5.28. The van der Waals surface area contributed by atoms with Crippen molar-refractivity contribution in [3.8, 4) is 0 Å². The van der Waals surface area contributed by atoms with Crippen LogP contribution < -0.4 is 0 Å². The second kappa shape index (κ2) is 11.5. The van der Waals surface area contributed by atoms with Gasteiger partial charge in [0.1, 0.15) is 0 Å². The number of hydrogen-bond donors (Lipinski definition) is 0. The zero-order valence-corrected chi connectivity index (χ0v) is 23.8. The van der Waals surface area contributed by atoms with E-state index in [4.69, 9.17) is 15.0 Å². The van der Waals surface area contributed by atoms with Crippen LogP contribution >= 0.6 is 0 Å². The van der Waals surface area contributed by atoms with Crippen LogP contribution in [0, 0.1) is 18.2 Å². The van der Waals surface area contributed by atoms with Crippen LogP contribution in [0.1, 0.15) is 68.6 Å². The fraction of sp³-hybridized carbons (Fsp3) is 0.0833. The molecule has 3 aromatic heterocycles. The molecule has 1 aliphatic heterocycles. The van der Waals surface area contributed by atoms with Gasteiger partial charge in [0.25, 0.3) is 0 Å². The molecule has 3 aromatic carbocycles. The summed E-state index contributed by atoms with van der Waals surface area (Å²) in [5, 5.41) is 0. The van der Waals surface area contributed by atoms with Crippen LogP contribution in [0.4, 0.5) is 0 Å². The summed E-state index contributed by atoms with van der Waals surface area (Å²) in [5.74, 6) is -0.507. The average molecular weight is 694 g/mol. The van der Waals surface area contributed by atoms with Crippen LogP contribution in [-0.4, -0.2) is 15.0 Å². The van der Waals surface area contributed by atoms with Crippen LogP contribution in [0.3, 0.4) is 0 Å².